The second kappa shape index (κ2) is 5.65. The van der Waals surface area contributed by atoms with Crippen LogP contribution in [0.4, 0.5) is 0 Å². The van der Waals surface area contributed by atoms with Crippen LogP contribution in [0.15, 0.2) is 30.5 Å². The van der Waals surface area contributed by atoms with Crippen LogP contribution < -0.4 is 0 Å². The Hall–Kier alpha value is -2.21. The molecular formula is C15H18N4O2. The lowest BCUT2D eigenvalue weighted by molar-refractivity contribution is -0.138. The summed E-state index contributed by atoms with van der Waals surface area (Å²) < 4.78 is 1.67. The lowest BCUT2D eigenvalue weighted by Crippen LogP contribution is -2.36. The number of hydrogen-bond donors (Lipinski definition) is 1. The van der Waals surface area contributed by atoms with Crippen molar-refractivity contribution in [3.05, 3.63) is 47.3 Å². The maximum atomic E-state index is 11.2. The Morgan fingerprint density at radius 1 is 1.43 bits per heavy atom. The number of hydrogen-bond acceptors (Lipinski definition) is 4. The molecule has 1 aromatic carbocycles. The summed E-state index contributed by atoms with van der Waals surface area (Å²) in [4.78, 5) is 13.4. The highest BCUT2D eigenvalue weighted by Gasteiger charge is 2.29. The molecule has 3 rings (SSSR count). The number of carboxylic acids is 1. The quantitative estimate of drug-likeness (QED) is 0.919. The first-order valence-electron chi connectivity index (χ1n) is 7.02. The molecule has 1 atom stereocenters. The Balaban J connectivity index is 1.87. The van der Waals surface area contributed by atoms with Crippen molar-refractivity contribution in [3.63, 3.8) is 0 Å². The molecule has 110 valence electrons. The van der Waals surface area contributed by atoms with Gasteiger partial charge in [0.25, 0.3) is 0 Å². The minimum atomic E-state index is -0.777. The highest BCUT2D eigenvalue weighted by atomic mass is 16.4. The fourth-order valence-corrected chi connectivity index (χ4v) is 2.97. The Labute approximate surface area is 123 Å². The first kappa shape index (κ1) is 13.8. The van der Waals surface area contributed by atoms with Gasteiger partial charge in [-0.15, -0.1) is 5.10 Å². The van der Waals surface area contributed by atoms with Crippen LogP contribution in [-0.2, 0) is 24.8 Å². The van der Waals surface area contributed by atoms with E-state index in [0.717, 1.165) is 24.2 Å². The Bertz CT molecular complexity index is 653. The molecule has 1 N–H and O–H groups in total. The fraction of sp³-hybridized carbons (Fsp3) is 0.400. The number of benzene rings is 1. The van der Waals surface area contributed by atoms with Gasteiger partial charge in [0.1, 0.15) is 0 Å². The maximum Gasteiger partial charge on any atom is 0.305 e. The van der Waals surface area contributed by atoms with Crippen molar-refractivity contribution in [1.82, 2.24) is 19.9 Å². The third kappa shape index (κ3) is 2.95. The van der Waals surface area contributed by atoms with Crippen LogP contribution >= 0.6 is 0 Å². The monoisotopic (exact) mass is 286 g/mol. The van der Waals surface area contributed by atoms with E-state index in [-0.39, 0.29) is 12.5 Å². The van der Waals surface area contributed by atoms with Crippen molar-refractivity contribution in [2.24, 2.45) is 7.05 Å². The van der Waals surface area contributed by atoms with E-state index in [0.29, 0.717) is 6.54 Å². The van der Waals surface area contributed by atoms with Gasteiger partial charge in [0, 0.05) is 32.4 Å². The second-order valence-corrected chi connectivity index (χ2v) is 5.42. The summed E-state index contributed by atoms with van der Waals surface area (Å²) in [6.45, 7) is 1.46. The molecule has 6 heteroatoms. The lowest BCUT2D eigenvalue weighted by atomic mass is 9.90. The van der Waals surface area contributed by atoms with Crippen LogP contribution in [0.2, 0.25) is 0 Å². The van der Waals surface area contributed by atoms with Gasteiger partial charge in [-0.1, -0.05) is 29.5 Å². The molecule has 2 heterocycles. The van der Waals surface area contributed by atoms with Crippen LogP contribution in [0.3, 0.4) is 0 Å². The normalized spacial score (nSPS) is 18.4. The van der Waals surface area contributed by atoms with Crippen molar-refractivity contribution in [2.45, 2.75) is 25.4 Å². The van der Waals surface area contributed by atoms with Gasteiger partial charge in [-0.3, -0.25) is 14.4 Å². The third-order valence-corrected chi connectivity index (χ3v) is 3.91. The van der Waals surface area contributed by atoms with Gasteiger partial charge < -0.3 is 5.11 Å². The van der Waals surface area contributed by atoms with E-state index in [9.17, 15) is 9.90 Å². The number of aryl methyl sites for hydroxylation is 1. The van der Waals surface area contributed by atoms with Gasteiger partial charge in [-0.2, -0.15) is 0 Å². The van der Waals surface area contributed by atoms with Crippen LogP contribution in [-0.4, -0.2) is 37.5 Å². The zero-order valence-corrected chi connectivity index (χ0v) is 11.9. The molecule has 0 amide bonds. The SMILES string of the molecule is Cn1cc(CN2CCc3ccccc3C2CC(=O)O)nn1. The summed E-state index contributed by atoms with van der Waals surface area (Å²) in [5.41, 5.74) is 3.24. The average molecular weight is 286 g/mol. The van der Waals surface area contributed by atoms with E-state index >= 15 is 0 Å². The number of nitrogens with zero attached hydrogens (tertiary/aromatic N) is 4. The van der Waals surface area contributed by atoms with E-state index in [1.165, 1.54) is 5.56 Å². The molecule has 0 radical (unpaired) electrons. The molecule has 1 aliphatic rings. The van der Waals surface area contributed by atoms with Gasteiger partial charge in [-0.05, 0) is 17.5 Å². The van der Waals surface area contributed by atoms with E-state index in [2.05, 4.69) is 21.3 Å². The minimum Gasteiger partial charge on any atom is -0.481 e. The third-order valence-electron chi connectivity index (χ3n) is 3.91. The molecule has 0 saturated heterocycles. The Morgan fingerprint density at radius 3 is 2.95 bits per heavy atom. The lowest BCUT2D eigenvalue weighted by Gasteiger charge is -2.36. The zero-order valence-electron chi connectivity index (χ0n) is 11.9. The second-order valence-electron chi connectivity index (χ2n) is 5.42. The van der Waals surface area contributed by atoms with E-state index in [4.69, 9.17) is 0 Å². The predicted molar refractivity (Wildman–Crippen MR) is 76.6 cm³/mol. The smallest absolute Gasteiger partial charge is 0.305 e. The standard InChI is InChI=1S/C15H18N4O2/c1-18-9-12(16-17-18)10-19-7-6-11-4-2-3-5-13(11)14(19)8-15(20)21/h2-5,9,14H,6-8,10H2,1H3,(H,20,21). The number of aliphatic carboxylic acids is 1. The highest BCUT2D eigenvalue weighted by Crippen LogP contribution is 2.33. The van der Waals surface area contributed by atoms with Crippen LogP contribution in [0.25, 0.3) is 0 Å². The Kier molecular flexibility index (Phi) is 3.70. The number of carboxylic acid groups (broad SMARTS) is 1. The minimum absolute atomic E-state index is 0.102. The number of aromatic nitrogens is 3. The van der Waals surface area contributed by atoms with Crippen molar-refractivity contribution < 1.29 is 9.90 Å². The molecule has 0 aliphatic carbocycles. The highest BCUT2D eigenvalue weighted by molar-refractivity contribution is 5.68. The van der Waals surface area contributed by atoms with Crippen LogP contribution in [0.5, 0.6) is 0 Å². The zero-order chi connectivity index (χ0) is 14.8. The molecule has 0 spiro atoms. The molecule has 1 unspecified atom stereocenters. The Morgan fingerprint density at radius 2 is 2.24 bits per heavy atom. The van der Waals surface area contributed by atoms with E-state index in [1.54, 1.807) is 4.68 Å². The number of rotatable bonds is 4. The van der Waals surface area contributed by atoms with E-state index < -0.39 is 5.97 Å². The van der Waals surface area contributed by atoms with Gasteiger partial charge in [0.05, 0.1) is 12.1 Å². The predicted octanol–water partition coefficient (Wildman–Crippen LogP) is 1.39. The molecule has 1 aliphatic heterocycles. The first-order valence-corrected chi connectivity index (χ1v) is 7.02. The topological polar surface area (TPSA) is 71.2 Å². The van der Waals surface area contributed by atoms with Crippen LogP contribution in [0, 0.1) is 0 Å². The summed E-state index contributed by atoms with van der Waals surface area (Å²) in [6, 6.07) is 8.00. The average Bonchev–Trinajstić information content (AvgIpc) is 2.86. The summed E-state index contributed by atoms with van der Waals surface area (Å²) >= 11 is 0. The number of fused-ring (bicyclic) bond motifs is 1. The molecular weight excluding hydrogens is 268 g/mol. The van der Waals surface area contributed by atoms with Crippen molar-refractivity contribution in [3.8, 4) is 0 Å². The summed E-state index contributed by atoms with van der Waals surface area (Å²) in [5.74, 6) is -0.777. The van der Waals surface area contributed by atoms with Gasteiger partial charge in [0.15, 0.2) is 0 Å². The van der Waals surface area contributed by atoms with E-state index in [1.807, 2.05) is 31.4 Å². The van der Waals surface area contributed by atoms with Crippen LogP contribution in [0.1, 0.15) is 29.3 Å². The van der Waals surface area contributed by atoms with Gasteiger partial charge in [-0.25, -0.2) is 0 Å². The van der Waals surface area contributed by atoms with Gasteiger partial charge >= 0.3 is 5.97 Å². The summed E-state index contributed by atoms with van der Waals surface area (Å²) in [7, 11) is 1.83. The molecule has 0 saturated carbocycles. The molecule has 21 heavy (non-hydrogen) atoms. The van der Waals surface area contributed by atoms with Crippen molar-refractivity contribution >= 4 is 5.97 Å². The largest absolute Gasteiger partial charge is 0.481 e. The van der Waals surface area contributed by atoms with Crippen molar-refractivity contribution in [1.29, 1.82) is 0 Å². The number of carbonyl (C=O) groups is 1. The fourth-order valence-electron chi connectivity index (χ4n) is 2.97. The molecule has 2 aromatic rings. The molecule has 1 aromatic heterocycles. The van der Waals surface area contributed by atoms with Crippen molar-refractivity contribution in [2.75, 3.05) is 6.54 Å². The summed E-state index contributed by atoms with van der Waals surface area (Å²) in [6.07, 6.45) is 2.92. The molecule has 6 nitrogen and oxygen atoms in total. The van der Waals surface area contributed by atoms with Gasteiger partial charge in [0.2, 0.25) is 0 Å². The molecule has 0 bridgehead atoms. The first-order chi connectivity index (χ1) is 10.1. The summed E-state index contributed by atoms with van der Waals surface area (Å²) in [5, 5.41) is 17.3. The molecule has 0 fully saturated rings. The maximum absolute atomic E-state index is 11.2.